The minimum atomic E-state index is -0.959. The molecule has 7 heteroatoms. The molecule has 0 aliphatic carbocycles. The van der Waals surface area contributed by atoms with E-state index in [1.807, 2.05) is 16.8 Å². The summed E-state index contributed by atoms with van der Waals surface area (Å²) in [5, 5.41) is 16.9. The summed E-state index contributed by atoms with van der Waals surface area (Å²) < 4.78 is 13.1. The first kappa shape index (κ1) is 13.2. The van der Waals surface area contributed by atoms with Crippen LogP contribution in [-0.2, 0) is 6.54 Å². The van der Waals surface area contributed by atoms with Gasteiger partial charge in [-0.1, -0.05) is 0 Å². The molecular weight excluding hydrogens is 271 g/mol. The molecule has 5 nitrogen and oxygen atoms in total. The van der Waals surface area contributed by atoms with Crippen molar-refractivity contribution in [2.45, 2.75) is 6.54 Å². The van der Waals surface area contributed by atoms with E-state index in [0.717, 1.165) is 17.7 Å². The Kier molecular flexibility index (Phi) is 3.86. The molecule has 1 amide bonds. The van der Waals surface area contributed by atoms with Gasteiger partial charge in [-0.25, -0.2) is 0 Å². The molecule has 1 heterocycles. The van der Waals surface area contributed by atoms with Crippen molar-refractivity contribution < 1.29 is 14.1 Å². The van der Waals surface area contributed by atoms with Crippen molar-refractivity contribution in [3.8, 4) is 0 Å². The van der Waals surface area contributed by atoms with E-state index in [-0.39, 0.29) is 5.56 Å². The molecule has 0 unspecified atom stereocenters. The van der Waals surface area contributed by atoms with Crippen LogP contribution in [0.4, 0.5) is 10.1 Å². The van der Waals surface area contributed by atoms with E-state index in [0.29, 0.717) is 6.54 Å². The van der Waals surface area contributed by atoms with Crippen LogP contribution in [0.3, 0.4) is 0 Å². The van der Waals surface area contributed by atoms with Crippen LogP contribution in [0.15, 0.2) is 35.0 Å². The smallest absolute Gasteiger partial charge is 0.305 e. The second kappa shape index (κ2) is 5.57. The Morgan fingerprint density at radius 3 is 2.84 bits per heavy atom. The quantitative estimate of drug-likeness (QED) is 0.691. The third kappa shape index (κ3) is 3.14. The molecule has 0 aliphatic rings. The Morgan fingerprint density at radius 2 is 2.21 bits per heavy atom. The maximum Gasteiger partial charge on any atom is 0.305 e. The molecule has 2 rings (SSSR count). The van der Waals surface area contributed by atoms with Gasteiger partial charge < -0.3 is 5.32 Å². The van der Waals surface area contributed by atoms with Crippen LogP contribution in [0.25, 0.3) is 0 Å². The van der Waals surface area contributed by atoms with Crippen LogP contribution >= 0.6 is 11.3 Å². The highest BCUT2D eigenvalue weighted by Crippen LogP contribution is 2.18. The second-order valence-electron chi connectivity index (χ2n) is 3.74. The number of hydrogen-bond acceptors (Lipinski definition) is 4. The van der Waals surface area contributed by atoms with Gasteiger partial charge in [0.15, 0.2) is 0 Å². The van der Waals surface area contributed by atoms with Crippen LogP contribution in [0.2, 0.25) is 0 Å². The van der Waals surface area contributed by atoms with Gasteiger partial charge in [0.25, 0.3) is 5.91 Å². The average Bonchev–Trinajstić information content (AvgIpc) is 2.89. The minimum absolute atomic E-state index is 0.0586. The Hall–Kier alpha value is -2.28. The van der Waals surface area contributed by atoms with Crippen LogP contribution < -0.4 is 5.32 Å². The second-order valence-corrected chi connectivity index (χ2v) is 4.52. The zero-order valence-corrected chi connectivity index (χ0v) is 10.4. The Morgan fingerprint density at radius 1 is 1.42 bits per heavy atom. The van der Waals surface area contributed by atoms with E-state index >= 15 is 0 Å². The maximum atomic E-state index is 13.1. The first-order valence-corrected chi connectivity index (χ1v) is 6.25. The molecule has 0 fully saturated rings. The zero-order chi connectivity index (χ0) is 13.8. The molecule has 19 heavy (non-hydrogen) atoms. The highest BCUT2D eigenvalue weighted by molar-refractivity contribution is 7.07. The highest BCUT2D eigenvalue weighted by atomic mass is 32.1. The van der Waals surface area contributed by atoms with Gasteiger partial charge in [-0.3, -0.25) is 14.9 Å². The summed E-state index contributed by atoms with van der Waals surface area (Å²) in [6.45, 7) is 0.327. The Labute approximate surface area is 111 Å². The standard InChI is InChI=1S/C12H9FN2O3S/c13-10-2-1-9(5-11(10)15(17)18)12(16)14-6-8-3-4-19-7-8/h1-5,7H,6H2,(H,14,16). The van der Waals surface area contributed by atoms with Gasteiger partial charge in [0, 0.05) is 18.2 Å². The number of carbonyl (C=O) groups excluding carboxylic acids is 1. The van der Waals surface area contributed by atoms with Crippen LogP contribution in [0, 0.1) is 15.9 Å². The van der Waals surface area contributed by atoms with E-state index in [2.05, 4.69) is 5.32 Å². The van der Waals surface area contributed by atoms with Gasteiger partial charge in [0.1, 0.15) is 0 Å². The Bertz CT molecular complexity index is 613. The van der Waals surface area contributed by atoms with Crippen molar-refractivity contribution in [3.05, 3.63) is 62.1 Å². The van der Waals surface area contributed by atoms with Gasteiger partial charge in [0.2, 0.25) is 5.82 Å². The third-order valence-corrected chi connectivity index (χ3v) is 3.17. The summed E-state index contributed by atoms with van der Waals surface area (Å²) >= 11 is 1.51. The van der Waals surface area contributed by atoms with Crippen molar-refractivity contribution in [2.75, 3.05) is 0 Å². The summed E-state index contributed by atoms with van der Waals surface area (Å²) in [6.07, 6.45) is 0. The molecule has 0 saturated carbocycles. The number of rotatable bonds is 4. The Balaban J connectivity index is 2.11. The van der Waals surface area contributed by atoms with Gasteiger partial charge in [-0.05, 0) is 34.5 Å². The molecule has 1 N–H and O–H groups in total. The van der Waals surface area contributed by atoms with Crippen molar-refractivity contribution in [1.29, 1.82) is 0 Å². The summed E-state index contributed by atoms with van der Waals surface area (Å²) in [6, 6.07) is 4.92. The normalized spacial score (nSPS) is 10.2. The molecule has 1 aromatic heterocycles. The first-order valence-electron chi connectivity index (χ1n) is 5.31. The molecule has 0 aliphatic heterocycles. The average molecular weight is 280 g/mol. The van der Waals surface area contributed by atoms with Gasteiger partial charge in [0.05, 0.1) is 4.92 Å². The molecule has 0 radical (unpaired) electrons. The molecule has 1 aromatic carbocycles. The number of nitrogens with zero attached hydrogens (tertiary/aromatic N) is 1. The van der Waals surface area contributed by atoms with Gasteiger partial charge >= 0.3 is 5.69 Å². The lowest BCUT2D eigenvalue weighted by atomic mass is 10.2. The van der Waals surface area contributed by atoms with Crippen LogP contribution in [0.1, 0.15) is 15.9 Å². The lowest BCUT2D eigenvalue weighted by Crippen LogP contribution is -2.22. The van der Waals surface area contributed by atoms with E-state index in [1.54, 1.807) is 0 Å². The zero-order valence-electron chi connectivity index (χ0n) is 9.63. The van der Waals surface area contributed by atoms with E-state index in [1.165, 1.54) is 17.4 Å². The monoisotopic (exact) mass is 280 g/mol. The number of benzene rings is 1. The molecule has 2 aromatic rings. The number of nitrogens with one attached hydrogen (secondary N) is 1. The molecule has 0 bridgehead atoms. The van der Waals surface area contributed by atoms with Crippen LogP contribution in [-0.4, -0.2) is 10.8 Å². The predicted molar refractivity (Wildman–Crippen MR) is 68.5 cm³/mol. The lowest BCUT2D eigenvalue weighted by molar-refractivity contribution is -0.387. The molecule has 0 saturated heterocycles. The fourth-order valence-electron chi connectivity index (χ4n) is 1.47. The fraction of sp³-hybridized carbons (Fsp3) is 0.0833. The summed E-state index contributed by atoms with van der Waals surface area (Å²) in [4.78, 5) is 21.5. The number of halogens is 1. The van der Waals surface area contributed by atoms with Gasteiger partial charge in [-0.15, -0.1) is 0 Å². The number of nitro benzene ring substituents is 1. The van der Waals surface area contributed by atoms with Crippen LogP contribution in [0.5, 0.6) is 0 Å². The van der Waals surface area contributed by atoms with E-state index in [9.17, 15) is 19.3 Å². The molecule has 0 spiro atoms. The van der Waals surface area contributed by atoms with Crippen molar-refractivity contribution in [2.24, 2.45) is 0 Å². The number of amides is 1. The van der Waals surface area contributed by atoms with Gasteiger partial charge in [-0.2, -0.15) is 15.7 Å². The lowest BCUT2D eigenvalue weighted by Gasteiger charge is -2.04. The number of nitro groups is 1. The molecular formula is C12H9FN2O3S. The SMILES string of the molecule is O=C(NCc1ccsc1)c1ccc(F)c([N+](=O)[O-])c1. The topological polar surface area (TPSA) is 72.2 Å². The first-order chi connectivity index (χ1) is 9.08. The fourth-order valence-corrected chi connectivity index (χ4v) is 2.14. The number of carbonyl (C=O) groups is 1. The predicted octanol–water partition coefficient (Wildman–Crippen LogP) is 2.73. The summed E-state index contributed by atoms with van der Waals surface area (Å²) in [7, 11) is 0. The van der Waals surface area contributed by atoms with Crippen molar-refractivity contribution >= 4 is 22.9 Å². The van der Waals surface area contributed by atoms with E-state index in [4.69, 9.17) is 0 Å². The minimum Gasteiger partial charge on any atom is -0.348 e. The number of thiophene rings is 1. The molecule has 98 valence electrons. The molecule has 0 atom stereocenters. The maximum absolute atomic E-state index is 13.1. The summed E-state index contributed by atoms with van der Waals surface area (Å²) in [5.41, 5.74) is 0.293. The highest BCUT2D eigenvalue weighted by Gasteiger charge is 2.17. The number of hydrogen-bond donors (Lipinski definition) is 1. The largest absolute Gasteiger partial charge is 0.348 e. The summed E-state index contributed by atoms with van der Waals surface area (Å²) in [5.74, 6) is -1.44. The van der Waals surface area contributed by atoms with Crippen molar-refractivity contribution in [1.82, 2.24) is 5.32 Å². The van der Waals surface area contributed by atoms with E-state index < -0.39 is 22.3 Å². The van der Waals surface area contributed by atoms with Crippen molar-refractivity contribution in [3.63, 3.8) is 0 Å². The third-order valence-electron chi connectivity index (χ3n) is 2.44.